The van der Waals surface area contributed by atoms with Crippen molar-refractivity contribution < 1.29 is 0 Å². The number of aromatic nitrogens is 13. The van der Waals surface area contributed by atoms with Crippen LogP contribution in [-0.4, -0.2) is 62.0 Å². The minimum absolute atomic E-state index is 0.603. The molecule has 0 atom stereocenters. The lowest BCUT2D eigenvalue weighted by Gasteiger charge is -2.16. The second-order valence-corrected chi connectivity index (χ2v) is 37.5. The Bertz CT molecular complexity index is 10700. The first-order chi connectivity index (χ1) is 70.0. The fourth-order valence-electron chi connectivity index (χ4n) is 23.0. The summed E-state index contributed by atoms with van der Waals surface area (Å²) in [5.74, 6) is 3.40. The van der Waals surface area contributed by atoms with E-state index in [1.165, 1.54) is 151 Å². The van der Waals surface area contributed by atoms with Crippen LogP contribution in [-0.2, 0) is 0 Å². The van der Waals surface area contributed by atoms with Gasteiger partial charge >= 0.3 is 0 Å². The van der Waals surface area contributed by atoms with Crippen molar-refractivity contribution >= 4 is 217 Å². The van der Waals surface area contributed by atoms with E-state index < -0.39 is 0 Å². The highest BCUT2D eigenvalue weighted by Gasteiger charge is 2.31. The lowest BCUT2D eigenvalue weighted by Crippen LogP contribution is -2.06. The second kappa shape index (κ2) is 30.8. The highest BCUT2D eigenvalue weighted by atomic mass is 32.1. The smallest absolute Gasteiger partial charge is 0.238 e. The number of para-hydroxylation sites is 8. The molecule has 0 spiro atoms. The summed E-state index contributed by atoms with van der Waals surface area (Å²) in [6.07, 6.45) is 0. The first-order valence-electron chi connectivity index (χ1n) is 47.7. The van der Waals surface area contributed by atoms with E-state index in [9.17, 15) is 0 Å². The van der Waals surface area contributed by atoms with Crippen molar-refractivity contribution in [2.45, 2.75) is 0 Å². The monoisotopic (exact) mass is 1810 g/mol. The summed E-state index contributed by atoms with van der Waals surface area (Å²) in [7, 11) is 0. The third-order valence-electron chi connectivity index (χ3n) is 28.9. The van der Waals surface area contributed by atoms with Crippen molar-refractivity contribution in [3.8, 4) is 79.8 Å². The highest BCUT2D eigenvalue weighted by molar-refractivity contribution is 7.26. The Morgan fingerprint density at radius 1 is 0.177 bits per heavy atom. The van der Waals surface area contributed by atoms with Crippen molar-refractivity contribution in [1.29, 1.82) is 0 Å². The molecule has 0 aliphatic heterocycles. The van der Waals surface area contributed by atoms with Crippen molar-refractivity contribution in [3.05, 3.63) is 455 Å². The Morgan fingerprint density at radius 2 is 0.539 bits per heavy atom. The molecule has 0 radical (unpaired) electrons. The molecule has 0 aliphatic rings. The van der Waals surface area contributed by atoms with Gasteiger partial charge in [0.25, 0.3) is 0 Å². The van der Waals surface area contributed by atoms with Gasteiger partial charge < -0.3 is 13.4 Å². The van der Waals surface area contributed by atoms with Crippen LogP contribution in [0.25, 0.3) is 285 Å². The maximum Gasteiger partial charge on any atom is 0.238 e. The summed E-state index contributed by atoms with van der Waals surface area (Å²) < 4.78 is 16.7. The van der Waals surface area contributed by atoms with Crippen LogP contribution < -0.4 is 0 Å². The fourth-order valence-corrected chi connectivity index (χ4v) is 24.2. The zero-order valence-electron chi connectivity index (χ0n) is 75.5. The van der Waals surface area contributed by atoms with Gasteiger partial charge in [0.1, 0.15) is 5.69 Å². The van der Waals surface area contributed by atoms with Gasteiger partial charge in [-0.2, -0.15) is 9.97 Å². The lowest BCUT2D eigenvalue weighted by molar-refractivity contribution is 0.954. The average molecular weight is 1820 g/mol. The van der Waals surface area contributed by atoms with Crippen molar-refractivity contribution in [1.82, 2.24) is 62.0 Å². The van der Waals surface area contributed by atoms with Crippen LogP contribution >= 0.6 is 11.3 Å². The molecule has 0 aliphatic carbocycles. The lowest BCUT2D eigenvalue weighted by atomic mass is 10.0. The van der Waals surface area contributed by atoms with E-state index in [2.05, 4.69) is 427 Å². The molecule has 32 rings (SSSR count). The maximum atomic E-state index is 5.51. The van der Waals surface area contributed by atoms with Crippen LogP contribution in [0.3, 0.4) is 0 Å². The van der Waals surface area contributed by atoms with Crippen LogP contribution in [0.5, 0.6) is 0 Å². The molecule has 0 amide bonds. The molecule has 654 valence electrons. The van der Waals surface area contributed by atoms with E-state index in [-0.39, 0.29) is 0 Å². The minimum Gasteiger partial charge on any atom is -0.309 e. The molecule has 0 saturated carbocycles. The molecule has 12 heterocycles. The molecule has 14 heteroatoms. The van der Waals surface area contributed by atoms with Gasteiger partial charge in [-0.25, -0.2) is 24.9 Å². The van der Waals surface area contributed by atoms with Gasteiger partial charge in [-0.3, -0.25) is 13.7 Å². The second-order valence-electron chi connectivity index (χ2n) is 36.4. The number of rotatable bonds is 9. The van der Waals surface area contributed by atoms with Gasteiger partial charge in [0, 0.05) is 124 Å². The van der Waals surface area contributed by atoms with Crippen molar-refractivity contribution in [2.24, 2.45) is 0 Å². The van der Waals surface area contributed by atoms with E-state index in [0.29, 0.717) is 23.5 Å². The molecule has 0 saturated heterocycles. The van der Waals surface area contributed by atoms with E-state index >= 15 is 0 Å². The summed E-state index contributed by atoms with van der Waals surface area (Å²) >= 11 is 1.83. The third kappa shape index (κ3) is 11.7. The van der Waals surface area contributed by atoms with Crippen LogP contribution in [0.1, 0.15) is 0 Å². The summed E-state index contributed by atoms with van der Waals surface area (Å²) in [5, 5.41) is 23.1. The number of hydrogen-bond acceptors (Lipinski definition) is 8. The molecular formula is C127H75N13S. The maximum absolute atomic E-state index is 5.51. The van der Waals surface area contributed by atoms with Gasteiger partial charge in [0.2, 0.25) is 11.9 Å². The largest absolute Gasteiger partial charge is 0.309 e. The Labute approximate surface area is 807 Å². The minimum atomic E-state index is 0.603. The van der Waals surface area contributed by atoms with E-state index in [4.69, 9.17) is 34.9 Å². The standard InChI is InChI=1S/C50H30N4S.C39H23N5.C38H22N4/c1-2-13-31(14-3-1)32-27-29-33(30-28-32)53-41-22-8-4-15-34(41)36-17-11-23-42-46(36)47-43(53)24-12-25-44(47)54(42)50-48(51-39-20-6-7-21-40(39)52-50)38-19-10-18-37-35-16-5-9-26-45(35)55-49(37)38;1-3-12-24(13-4-1)37-40-38(25-14-5-2-6-15-25)42-39(41-37)44-32-21-11-18-28-26-16-7-9-19-30(26)43-31-20-10-8-17-27(31)29-22-23-33(44)35(34(28)32)36(29)43;1-2-11-23(12-3-1)36-28-15-4-7-17-29(28)39-38(40-36)42-32-20-10-16-26-24-13-5-8-18-30(24)41-31-19-9-6-14-25(31)27-21-22-33(42)35(34(26)32)37(27)41/h1-30H;1-23H;1-22H. The molecule has 0 unspecified atom stereocenters. The van der Waals surface area contributed by atoms with Crippen molar-refractivity contribution in [2.75, 3.05) is 0 Å². The Morgan fingerprint density at radius 3 is 1.08 bits per heavy atom. The summed E-state index contributed by atoms with van der Waals surface area (Å²) in [6, 6.07) is 162. The summed E-state index contributed by atoms with van der Waals surface area (Å²) in [5.41, 5.74) is 28.2. The normalized spacial score (nSPS) is 12.1. The molecule has 0 bridgehead atoms. The molecule has 32 aromatic rings. The van der Waals surface area contributed by atoms with Gasteiger partial charge in [0.05, 0.1) is 99.5 Å². The molecule has 0 N–H and O–H groups in total. The zero-order chi connectivity index (χ0) is 92.2. The van der Waals surface area contributed by atoms with Gasteiger partial charge in [0.15, 0.2) is 17.5 Å². The van der Waals surface area contributed by atoms with Crippen LogP contribution in [0.2, 0.25) is 0 Å². The molecule has 13 nitrogen and oxygen atoms in total. The van der Waals surface area contributed by atoms with E-state index in [1.54, 1.807) is 0 Å². The van der Waals surface area contributed by atoms with Crippen molar-refractivity contribution in [3.63, 3.8) is 0 Å². The number of hydrogen-bond donors (Lipinski definition) is 0. The predicted molar refractivity (Wildman–Crippen MR) is 586 cm³/mol. The molecule has 20 aromatic carbocycles. The van der Waals surface area contributed by atoms with Crippen LogP contribution in [0.15, 0.2) is 455 Å². The quantitative estimate of drug-likeness (QED) is 0.141. The number of fused-ring (bicyclic) bond motifs is 19. The van der Waals surface area contributed by atoms with Gasteiger partial charge in [-0.1, -0.05) is 346 Å². The third-order valence-corrected chi connectivity index (χ3v) is 30.1. The van der Waals surface area contributed by atoms with Crippen LogP contribution in [0, 0.1) is 0 Å². The first kappa shape index (κ1) is 78.4. The predicted octanol–water partition coefficient (Wildman–Crippen LogP) is 32.5. The molecular weight excluding hydrogens is 1740 g/mol. The highest BCUT2D eigenvalue weighted by Crippen LogP contribution is 2.51. The summed E-state index contributed by atoms with van der Waals surface area (Å²) in [6.45, 7) is 0. The summed E-state index contributed by atoms with van der Waals surface area (Å²) in [4.78, 5) is 36.7. The first-order valence-corrected chi connectivity index (χ1v) is 48.5. The molecule has 0 fully saturated rings. The van der Waals surface area contributed by atoms with E-state index in [0.717, 1.165) is 111 Å². The number of thiophene rings is 1. The Balaban J connectivity index is 0.000000100. The average Bonchev–Trinajstić information content (AvgIpc) is 1.51. The van der Waals surface area contributed by atoms with Gasteiger partial charge in [-0.15, -0.1) is 11.3 Å². The van der Waals surface area contributed by atoms with Gasteiger partial charge in [-0.05, 0) is 136 Å². The number of benzene rings is 20. The molecule has 141 heavy (non-hydrogen) atoms. The number of nitrogens with zero attached hydrogens (tertiary/aromatic N) is 13. The van der Waals surface area contributed by atoms with Crippen LogP contribution in [0.4, 0.5) is 0 Å². The Hall–Kier alpha value is -18.9. The Kier molecular flexibility index (Phi) is 17.1. The SMILES string of the molecule is c1ccc(-c2ccc(-n3c4ccccc4c4cccc5c4c4c3cccc4n5-c3nc4ccccc4nc3-c3cccc4c3sc3ccccc34)cc2)cc1.c1ccc(-c2nc(-c3ccccc3)nc(-n3c4cccc5c6ccccc6n6c7ccccc7c7ccc3c(c54)c76)n2)cc1.c1ccc(-c2nc(-n3c4cccc5c6ccccc6n6c7ccccc7c7ccc3c(c54)c76)nc3ccccc23)cc1. The fraction of sp³-hybridized carbons (Fsp3) is 0. The molecule has 12 aromatic heterocycles. The topological polar surface area (TPSA) is 119 Å². The zero-order valence-corrected chi connectivity index (χ0v) is 76.3. The van der Waals surface area contributed by atoms with E-state index in [1.807, 2.05) is 65.9 Å².